The first-order valence-electron chi connectivity index (χ1n) is 4.85. The molecule has 1 aromatic heterocycles. The van der Waals surface area contributed by atoms with Crippen molar-refractivity contribution in [3.8, 4) is 0 Å². The average molecular weight is 303 g/mol. The second-order valence-corrected chi connectivity index (χ2v) is 4.42. The zero-order chi connectivity index (χ0) is 12.6. The van der Waals surface area contributed by atoms with Gasteiger partial charge in [0.15, 0.2) is 0 Å². The van der Waals surface area contributed by atoms with E-state index in [1.165, 1.54) is 19.3 Å². The molecule has 0 spiro atoms. The van der Waals surface area contributed by atoms with Gasteiger partial charge in [0.1, 0.15) is 0 Å². The zero-order valence-electron chi connectivity index (χ0n) is 8.85. The maximum Gasteiger partial charge on any atom is 0.265 e. The number of carbonyl (C=O) groups excluding carboxylic acids is 1. The third-order valence-electron chi connectivity index (χ3n) is 2.49. The molecule has 90 valence electrons. The van der Waals surface area contributed by atoms with E-state index in [1.54, 1.807) is 6.07 Å². The molecule has 0 atom stereocenters. The van der Waals surface area contributed by atoms with Crippen LogP contribution in [0.4, 0.5) is 8.78 Å². The average Bonchev–Trinajstić information content (AvgIpc) is 2.70. The van der Waals surface area contributed by atoms with E-state index < -0.39 is 6.43 Å². The summed E-state index contributed by atoms with van der Waals surface area (Å²) in [6, 6.07) is 2.99. The Morgan fingerprint density at radius 2 is 2.18 bits per heavy atom. The van der Waals surface area contributed by atoms with Crippen LogP contribution in [0.1, 0.15) is 22.3 Å². The summed E-state index contributed by atoms with van der Waals surface area (Å²) < 4.78 is 26.2. The number of nitrogens with one attached hydrogen (secondary N) is 2. The Morgan fingerprint density at radius 3 is 2.76 bits per heavy atom. The van der Waals surface area contributed by atoms with Gasteiger partial charge in [-0.2, -0.15) is 0 Å². The van der Waals surface area contributed by atoms with Gasteiger partial charge in [0, 0.05) is 28.7 Å². The second kappa shape index (κ2) is 4.44. The van der Waals surface area contributed by atoms with Gasteiger partial charge in [-0.05, 0) is 12.1 Å². The summed E-state index contributed by atoms with van der Waals surface area (Å²) in [5.74, 6) is -0.311. The van der Waals surface area contributed by atoms with Crippen molar-refractivity contribution in [3.63, 3.8) is 0 Å². The monoisotopic (exact) mass is 302 g/mol. The molecule has 2 aromatic rings. The highest BCUT2D eigenvalue weighted by atomic mass is 79.9. The van der Waals surface area contributed by atoms with Gasteiger partial charge in [0.25, 0.3) is 12.3 Å². The van der Waals surface area contributed by atoms with E-state index in [0.29, 0.717) is 20.9 Å². The molecule has 0 radical (unpaired) electrons. The van der Waals surface area contributed by atoms with Gasteiger partial charge in [0.05, 0.1) is 11.1 Å². The normalized spacial score (nSPS) is 11.1. The van der Waals surface area contributed by atoms with Crippen LogP contribution in [-0.4, -0.2) is 17.9 Å². The molecule has 0 aliphatic heterocycles. The molecular formula is C11H9BrF2N2O. The molecule has 0 aliphatic carbocycles. The minimum Gasteiger partial charge on any atom is -0.360 e. The minimum atomic E-state index is -2.59. The van der Waals surface area contributed by atoms with Crippen LogP contribution in [0, 0.1) is 0 Å². The molecule has 1 heterocycles. The largest absolute Gasteiger partial charge is 0.360 e. The highest BCUT2D eigenvalue weighted by Gasteiger charge is 2.18. The summed E-state index contributed by atoms with van der Waals surface area (Å²) in [4.78, 5) is 14.3. The lowest BCUT2D eigenvalue weighted by atomic mass is 10.1. The van der Waals surface area contributed by atoms with Crippen LogP contribution < -0.4 is 5.32 Å². The van der Waals surface area contributed by atoms with Crippen LogP contribution in [0.15, 0.2) is 22.8 Å². The highest BCUT2D eigenvalue weighted by Crippen LogP contribution is 2.32. The molecule has 0 unspecified atom stereocenters. The van der Waals surface area contributed by atoms with E-state index in [1.807, 2.05) is 0 Å². The van der Waals surface area contributed by atoms with E-state index in [4.69, 9.17) is 0 Å². The van der Waals surface area contributed by atoms with Crippen molar-refractivity contribution in [1.29, 1.82) is 0 Å². The molecular weight excluding hydrogens is 294 g/mol. The number of halogens is 3. The summed E-state index contributed by atoms with van der Waals surface area (Å²) in [7, 11) is 1.49. The van der Waals surface area contributed by atoms with Gasteiger partial charge in [-0.25, -0.2) is 8.78 Å². The number of hydrogen-bond acceptors (Lipinski definition) is 1. The first-order valence-corrected chi connectivity index (χ1v) is 5.64. The Morgan fingerprint density at radius 1 is 1.47 bits per heavy atom. The summed E-state index contributed by atoms with van der Waals surface area (Å²) in [5.41, 5.74) is 0.525. The molecule has 1 amide bonds. The van der Waals surface area contributed by atoms with Crippen LogP contribution in [0.25, 0.3) is 10.9 Å². The first-order chi connectivity index (χ1) is 8.04. The number of benzene rings is 1. The Bertz CT molecular complexity index is 580. The molecule has 1 aromatic carbocycles. The fourth-order valence-electron chi connectivity index (χ4n) is 1.72. The maximum atomic E-state index is 12.8. The number of aromatic amines is 1. The molecule has 0 saturated carbocycles. The quantitative estimate of drug-likeness (QED) is 0.879. The van der Waals surface area contributed by atoms with Crippen LogP contribution >= 0.6 is 15.9 Å². The Hall–Kier alpha value is -1.43. The third-order valence-corrected chi connectivity index (χ3v) is 2.95. The predicted octanol–water partition coefficient (Wildman–Crippen LogP) is 3.23. The van der Waals surface area contributed by atoms with Crippen molar-refractivity contribution in [1.82, 2.24) is 10.3 Å². The van der Waals surface area contributed by atoms with Crippen molar-refractivity contribution in [2.24, 2.45) is 0 Å². The highest BCUT2D eigenvalue weighted by molar-refractivity contribution is 9.10. The molecule has 2 rings (SSSR count). The van der Waals surface area contributed by atoms with Gasteiger partial charge in [-0.1, -0.05) is 15.9 Å². The van der Waals surface area contributed by atoms with Crippen molar-refractivity contribution < 1.29 is 13.6 Å². The Labute approximate surface area is 104 Å². The van der Waals surface area contributed by atoms with Crippen LogP contribution in [0.3, 0.4) is 0 Å². The number of aromatic nitrogens is 1. The number of hydrogen-bond donors (Lipinski definition) is 2. The Balaban J connectivity index is 2.73. The summed E-state index contributed by atoms with van der Waals surface area (Å²) in [6.45, 7) is 0. The lowest BCUT2D eigenvalue weighted by Crippen LogP contribution is -2.17. The molecule has 6 heteroatoms. The molecule has 3 nitrogen and oxygen atoms in total. The summed E-state index contributed by atoms with van der Waals surface area (Å²) in [6.07, 6.45) is -1.16. The molecule has 2 N–H and O–H groups in total. The standard InChI is InChI=1S/C11H9BrF2N2O/c1-15-11(17)8-4-16-9-6(8)2-5(12)3-7(9)10(13)14/h2-4,10,16H,1H3,(H,15,17). The van der Waals surface area contributed by atoms with Gasteiger partial charge in [-0.15, -0.1) is 0 Å². The second-order valence-electron chi connectivity index (χ2n) is 3.50. The van der Waals surface area contributed by atoms with E-state index in [2.05, 4.69) is 26.2 Å². The van der Waals surface area contributed by atoms with Crippen LogP contribution in [0.2, 0.25) is 0 Å². The Kier molecular flexibility index (Phi) is 3.15. The van der Waals surface area contributed by atoms with Gasteiger partial charge >= 0.3 is 0 Å². The maximum absolute atomic E-state index is 12.8. The van der Waals surface area contributed by atoms with Crippen molar-refractivity contribution in [3.05, 3.63) is 33.9 Å². The van der Waals surface area contributed by atoms with E-state index in [9.17, 15) is 13.6 Å². The zero-order valence-corrected chi connectivity index (χ0v) is 10.4. The van der Waals surface area contributed by atoms with Crippen LogP contribution in [-0.2, 0) is 0 Å². The fourth-order valence-corrected chi connectivity index (χ4v) is 2.19. The molecule has 0 bridgehead atoms. The van der Waals surface area contributed by atoms with Crippen molar-refractivity contribution in [2.45, 2.75) is 6.43 Å². The summed E-state index contributed by atoms with van der Waals surface area (Å²) >= 11 is 3.16. The van der Waals surface area contributed by atoms with Crippen molar-refractivity contribution >= 4 is 32.7 Å². The fraction of sp³-hybridized carbons (Fsp3) is 0.182. The molecule has 17 heavy (non-hydrogen) atoms. The van der Waals surface area contributed by atoms with Gasteiger partial charge in [0.2, 0.25) is 0 Å². The molecule has 0 aliphatic rings. The third kappa shape index (κ3) is 2.04. The first kappa shape index (κ1) is 12.0. The van der Waals surface area contributed by atoms with Gasteiger partial charge in [-0.3, -0.25) is 4.79 Å². The smallest absolute Gasteiger partial charge is 0.265 e. The number of fused-ring (bicyclic) bond motifs is 1. The van der Waals surface area contributed by atoms with E-state index >= 15 is 0 Å². The number of carbonyl (C=O) groups is 1. The molecule has 0 fully saturated rings. The van der Waals surface area contributed by atoms with E-state index in [-0.39, 0.29) is 11.5 Å². The lowest BCUT2D eigenvalue weighted by molar-refractivity contribution is 0.0964. The SMILES string of the molecule is CNC(=O)c1c[nH]c2c(C(F)F)cc(Br)cc12. The number of amides is 1. The molecule has 0 saturated heterocycles. The number of rotatable bonds is 2. The number of H-pyrrole nitrogens is 1. The minimum absolute atomic E-state index is 0.121. The van der Waals surface area contributed by atoms with E-state index in [0.717, 1.165) is 0 Å². The van der Waals surface area contributed by atoms with Crippen molar-refractivity contribution in [2.75, 3.05) is 7.05 Å². The number of alkyl halides is 2. The topological polar surface area (TPSA) is 44.9 Å². The lowest BCUT2D eigenvalue weighted by Gasteiger charge is -2.04. The predicted molar refractivity (Wildman–Crippen MR) is 64.3 cm³/mol. The van der Waals surface area contributed by atoms with Gasteiger partial charge < -0.3 is 10.3 Å². The van der Waals surface area contributed by atoms with Crippen LogP contribution in [0.5, 0.6) is 0 Å². The summed E-state index contributed by atoms with van der Waals surface area (Å²) in [5, 5.41) is 2.95.